The number of nitrogens with zero attached hydrogens (tertiary/aromatic N) is 1. The molecule has 0 heterocycles. The molecule has 0 saturated heterocycles. The molecule has 0 amide bonds. The van der Waals surface area contributed by atoms with E-state index in [-0.39, 0.29) is 6.61 Å². The second kappa shape index (κ2) is 7.96. The number of rotatable bonds is 7. The minimum atomic E-state index is -1.18. The Morgan fingerprint density at radius 3 is 2.58 bits per heavy atom. The Labute approximate surface area is 122 Å². The van der Waals surface area contributed by atoms with E-state index in [2.05, 4.69) is 22.0 Å². The molecule has 0 fully saturated rings. The maximum atomic E-state index is 12.2. The number of unbranched alkanes of at least 4 members (excludes halogenated alkanes) is 1. The van der Waals surface area contributed by atoms with E-state index < -0.39 is 11.4 Å². The van der Waals surface area contributed by atoms with Crippen molar-refractivity contribution in [3.8, 4) is 6.07 Å². The van der Waals surface area contributed by atoms with Gasteiger partial charge in [-0.05, 0) is 25.3 Å². The number of nitriles is 1. The molecule has 0 bridgehead atoms. The van der Waals surface area contributed by atoms with E-state index in [9.17, 15) is 10.1 Å². The third-order valence-corrected chi connectivity index (χ3v) is 3.58. The van der Waals surface area contributed by atoms with Gasteiger partial charge in [-0.3, -0.25) is 0 Å². The normalized spacial score (nSPS) is 13.3. The van der Waals surface area contributed by atoms with Crippen LogP contribution >= 0.6 is 15.9 Å². The monoisotopic (exact) mass is 323 g/mol. The Morgan fingerprint density at radius 1 is 1.37 bits per heavy atom. The van der Waals surface area contributed by atoms with Gasteiger partial charge in [0.1, 0.15) is 0 Å². The van der Waals surface area contributed by atoms with Crippen molar-refractivity contribution in [3.63, 3.8) is 0 Å². The van der Waals surface area contributed by atoms with E-state index in [1.807, 2.05) is 30.3 Å². The number of carbonyl (C=O) groups excluding carboxylic acids is 1. The molecule has 0 aliphatic carbocycles. The van der Waals surface area contributed by atoms with Crippen molar-refractivity contribution in [1.29, 1.82) is 5.26 Å². The molecule has 102 valence electrons. The standard InChI is InChI=1S/C15H18BrNO2/c1-2-19-14(18)15(12-17,10-6-7-11-16)13-8-4-3-5-9-13/h3-5,8-9H,2,6-7,10-11H2,1H3. The molecule has 1 aromatic rings. The SMILES string of the molecule is CCOC(=O)C(C#N)(CCCCBr)c1ccccc1. The van der Waals surface area contributed by atoms with Gasteiger partial charge in [0.25, 0.3) is 0 Å². The van der Waals surface area contributed by atoms with Gasteiger partial charge in [0, 0.05) is 5.33 Å². The lowest BCUT2D eigenvalue weighted by atomic mass is 9.77. The van der Waals surface area contributed by atoms with Crippen LogP contribution in [0.5, 0.6) is 0 Å². The molecule has 0 N–H and O–H groups in total. The molecule has 0 aromatic heterocycles. The van der Waals surface area contributed by atoms with Gasteiger partial charge in [0.05, 0.1) is 12.7 Å². The molecule has 19 heavy (non-hydrogen) atoms. The predicted molar refractivity (Wildman–Crippen MR) is 78.0 cm³/mol. The van der Waals surface area contributed by atoms with E-state index in [0.29, 0.717) is 12.0 Å². The van der Waals surface area contributed by atoms with E-state index in [1.54, 1.807) is 6.92 Å². The van der Waals surface area contributed by atoms with Crippen LogP contribution < -0.4 is 0 Å². The van der Waals surface area contributed by atoms with Crippen molar-refractivity contribution in [2.45, 2.75) is 31.6 Å². The number of benzene rings is 1. The fraction of sp³-hybridized carbons (Fsp3) is 0.467. The molecular weight excluding hydrogens is 306 g/mol. The van der Waals surface area contributed by atoms with Crippen molar-refractivity contribution < 1.29 is 9.53 Å². The fourth-order valence-corrected chi connectivity index (χ4v) is 2.39. The summed E-state index contributed by atoms with van der Waals surface area (Å²) >= 11 is 3.36. The number of ether oxygens (including phenoxy) is 1. The second-order valence-electron chi connectivity index (χ2n) is 4.25. The van der Waals surface area contributed by atoms with E-state index >= 15 is 0 Å². The summed E-state index contributed by atoms with van der Waals surface area (Å²) in [7, 11) is 0. The van der Waals surface area contributed by atoms with Crippen LogP contribution in [0, 0.1) is 11.3 Å². The lowest BCUT2D eigenvalue weighted by Crippen LogP contribution is -2.36. The third-order valence-electron chi connectivity index (χ3n) is 3.02. The summed E-state index contributed by atoms with van der Waals surface area (Å²) in [5.74, 6) is -0.446. The van der Waals surface area contributed by atoms with Crippen LogP contribution in [0.1, 0.15) is 31.7 Å². The van der Waals surface area contributed by atoms with Gasteiger partial charge in [0.15, 0.2) is 5.41 Å². The fourth-order valence-electron chi connectivity index (χ4n) is 1.99. The number of carbonyl (C=O) groups is 1. The highest BCUT2D eigenvalue weighted by Crippen LogP contribution is 2.31. The van der Waals surface area contributed by atoms with Crippen LogP contribution in [0.2, 0.25) is 0 Å². The number of hydrogen-bond acceptors (Lipinski definition) is 3. The molecule has 1 aromatic carbocycles. The highest BCUT2D eigenvalue weighted by atomic mass is 79.9. The largest absolute Gasteiger partial charge is 0.465 e. The van der Waals surface area contributed by atoms with Gasteiger partial charge in [-0.1, -0.05) is 52.7 Å². The third kappa shape index (κ3) is 3.81. The van der Waals surface area contributed by atoms with Crippen molar-refractivity contribution in [2.24, 2.45) is 0 Å². The summed E-state index contributed by atoms with van der Waals surface area (Å²) in [6.45, 7) is 2.04. The first kappa shape index (κ1) is 15.7. The number of alkyl halides is 1. The number of halogens is 1. The molecule has 3 nitrogen and oxygen atoms in total. The minimum absolute atomic E-state index is 0.285. The van der Waals surface area contributed by atoms with Crippen molar-refractivity contribution >= 4 is 21.9 Å². The summed E-state index contributed by atoms with van der Waals surface area (Å²) in [5, 5.41) is 10.4. The molecule has 0 spiro atoms. The Hall–Kier alpha value is -1.34. The summed E-state index contributed by atoms with van der Waals surface area (Å²) in [6, 6.07) is 11.4. The first-order valence-electron chi connectivity index (χ1n) is 6.41. The molecule has 1 atom stereocenters. The molecule has 1 rings (SSSR count). The topological polar surface area (TPSA) is 50.1 Å². The first-order valence-corrected chi connectivity index (χ1v) is 7.53. The first-order chi connectivity index (χ1) is 9.21. The average molecular weight is 324 g/mol. The number of hydrogen-bond donors (Lipinski definition) is 0. The summed E-state index contributed by atoms with van der Waals surface area (Å²) in [5.41, 5.74) is -0.468. The van der Waals surface area contributed by atoms with Crippen LogP contribution in [-0.2, 0) is 14.9 Å². The second-order valence-corrected chi connectivity index (χ2v) is 5.04. The van der Waals surface area contributed by atoms with Crippen LogP contribution in [0.25, 0.3) is 0 Å². The van der Waals surface area contributed by atoms with Crippen LogP contribution in [0.3, 0.4) is 0 Å². The summed E-state index contributed by atoms with van der Waals surface area (Å²) in [4.78, 5) is 12.2. The van der Waals surface area contributed by atoms with E-state index in [4.69, 9.17) is 4.74 Å². The Balaban J connectivity index is 3.07. The number of esters is 1. The van der Waals surface area contributed by atoms with Gasteiger partial charge < -0.3 is 4.74 Å². The minimum Gasteiger partial charge on any atom is -0.465 e. The van der Waals surface area contributed by atoms with Crippen molar-refractivity contribution in [3.05, 3.63) is 35.9 Å². The lowest BCUT2D eigenvalue weighted by molar-refractivity contribution is -0.148. The van der Waals surface area contributed by atoms with Crippen LogP contribution in [-0.4, -0.2) is 17.9 Å². The summed E-state index contributed by atoms with van der Waals surface area (Å²) < 4.78 is 5.11. The molecule has 4 heteroatoms. The smallest absolute Gasteiger partial charge is 0.331 e. The van der Waals surface area contributed by atoms with Gasteiger partial charge in [0.2, 0.25) is 0 Å². The average Bonchev–Trinajstić information content (AvgIpc) is 2.45. The predicted octanol–water partition coefficient (Wildman–Crippen LogP) is 3.58. The summed E-state index contributed by atoms with van der Waals surface area (Å²) in [6.07, 6.45) is 2.21. The lowest BCUT2D eigenvalue weighted by Gasteiger charge is -2.24. The van der Waals surface area contributed by atoms with E-state index in [0.717, 1.165) is 18.2 Å². The van der Waals surface area contributed by atoms with Gasteiger partial charge in [-0.25, -0.2) is 4.79 Å². The highest BCUT2D eigenvalue weighted by molar-refractivity contribution is 9.09. The Kier molecular flexibility index (Phi) is 6.58. The zero-order valence-corrected chi connectivity index (χ0v) is 12.6. The van der Waals surface area contributed by atoms with Crippen LogP contribution in [0.4, 0.5) is 0 Å². The quantitative estimate of drug-likeness (QED) is 0.438. The molecule has 1 unspecified atom stereocenters. The molecule has 0 radical (unpaired) electrons. The van der Waals surface area contributed by atoms with Crippen LogP contribution in [0.15, 0.2) is 30.3 Å². The zero-order chi connectivity index (χ0) is 14.1. The van der Waals surface area contributed by atoms with Crippen molar-refractivity contribution in [2.75, 3.05) is 11.9 Å². The molecule has 0 aliphatic heterocycles. The molecule has 0 aliphatic rings. The zero-order valence-electron chi connectivity index (χ0n) is 11.1. The Morgan fingerprint density at radius 2 is 2.05 bits per heavy atom. The Bertz CT molecular complexity index is 441. The highest BCUT2D eigenvalue weighted by Gasteiger charge is 2.41. The maximum Gasteiger partial charge on any atom is 0.331 e. The van der Waals surface area contributed by atoms with Crippen molar-refractivity contribution in [1.82, 2.24) is 0 Å². The molecule has 0 saturated carbocycles. The van der Waals surface area contributed by atoms with Gasteiger partial charge in [-0.15, -0.1) is 0 Å². The maximum absolute atomic E-state index is 12.2. The molecular formula is C15H18BrNO2. The van der Waals surface area contributed by atoms with Gasteiger partial charge >= 0.3 is 5.97 Å². The van der Waals surface area contributed by atoms with E-state index in [1.165, 1.54) is 0 Å². The van der Waals surface area contributed by atoms with Gasteiger partial charge in [-0.2, -0.15) is 5.26 Å².